The summed E-state index contributed by atoms with van der Waals surface area (Å²) in [4.78, 5) is 39.1. The topological polar surface area (TPSA) is 168 Å². The van der Waals surface area contributed by atoms with E-state index in [1.165, 1.54) is 68.3 Å². The number of nitrogens with two attached hydrogens (primary N) is 1. The first kappa shape index (κ1) is 32.6. The number of nitrogens with zero attached hydrogens (tertiary/aromatic N) is 1. The molecule has 1 saturated heterocycles. The van der Waals surface area contributed by atoms with Crippen LogP contribution in [0.5, 0.6) is 5.75 Å². The molecule has 0 aromatic heterocycles. The molecule has 0 radical (unpaired) electrons. The van der Waals surface area contributed by atoms with E-state index in [4.69, 9.17) is 22.1 Å². The van der Waals surface area contributed by atoms with E-state index in [1.807, 2.05) is 0 Å². The highest BCUT2D eigenvalue weighted by atomic mass is 35.5. The van der Waals surface area contributed by atoms with Gasteiger partial charge in [-0.1, -0.05) is 17.7 Å². The van der Waals surface area contributed by atoms with E-state index >= 15 is 4.39 Å². The predicted molar refractivity (Wildman–Crippen MR) is 163 cm³/mol. The van der Waals surface area contributed by atoms with Crippen molar-refractivity contribution in [1.29, 1.82) is 0 Å². The number of ether oxygens (including phenoxy) is 1. The van der Waals surface area contributed by atoms with E-state index in [2.05, 4.69) is 10.6 Å². The first-order chi connectivity index (χ1) is 20.7. The zero-order valence-corrected chi connectivity index (χ0v) is 25.7. The summed E-state index contributed by atoms with van der Waals surface area (Å²) in [6.45, 7) is 3.29. The van der Waals surface area contributed by atoms with Crippen LogP contribution in [0.25, 0.3) is 0 Å². The Kier molecular flexibility index (Phi) is 9.69. The summed E-state index contributed by atoms with van der Waals surface area (Å²) in [5.41, 5.74) is 5.98. The molecule has 0 spiro atoms. The summed E-state index contributed by atoms with van der Waals surface area (Å²) in [6, 6.07) is 10.2. The third kappa shape index (κ3) is 6.73. The molecule has 234 valence electrons. The number of methoxy groups -OCH3 is 1. The highest BCUT2D eigenvalue weighted by Crippen LogP contribution is 2.40. The number of nitrogens with one attached hydrogen (secondary N) is 2. The van der Waals surface area contributed by atoms with Gasteiger partial charge in [-0.2, -0.15) is 0 Å². The standard InChI is InChI=1S/C30H32ClFN4O7S/c1-16(2)44(41,42)26-11-8-19(34-30(39)40)15-20(26)24-5-4-12-36(24)29(38)27(17-6-9-21(31)25(14-17)43-3)35-23-13-18(28(33)37)7-10-22(23)32/h6-11,13-16,24,27,34-35H,4-5,12H2,1-3H3,(H2,33,37)(H,39,40). The normalized spacial score (nSPS) is 15.6. The van der Waals surface area contributed by atoms with Gasteiger partial charge in [-0.3, -0.25) is 14.9 Å². The molecule has 0 bridgehead atoms. The molecule has 1 aliphatic rings. The number of sulfone groups is 1. The lowest BCUT2D eigenvalue weighted by Gasteiger charge is -2.32. The number of primary amides is 1. The maximum Gasteiger partial charge on any atom is 0.409 e. The molecule has 2 unspecified atom stereocenters. The van der Waals surface area contributed by atoms with Crippen LogP contribution >= 0.6 is 11.6 Å². The van der Waals surface area contributed by atoms with Crippen molar-refractivity contribution >= 4 is 50.7 Å². The summed E-state index contributed by atoms with van der Waals surface area (Å²) in [5.74, 6) is -1.82. The van der Waals surface area contributed by atoms with Gasteiger partial charge >= 0.3 is 6.09 Å². The Bertz CT molecular complexity index is 1720. The molecule has 5 N–H and O–H groups in total. The van der Waals surface area contributed by atoms with Gasteiger partial charge in [0.15, 0.2) is 9.84 Å². The molecule has 0 aliphatic carbocycles. The van der Waals surface area contributed by atoms with Crippen LogP contribution in [0.3, 0.4) is 0 Å². The third-order valence-corrected chi connectivity index (χ3v) is 9.93. The monoisotopic (exact) mass is 646 g/mol. The lowest BCUT2D eigenvalue weighted by atomic mass is 10.0. The molecule has 3 aromatic rings. The first-order valence-corrected chi connectivity index (χ1v) is 15.5. The molecule has 1 fully saturated rings. The largest absolute Gasteiger partial charge is 0.495 e. The number of carboxylic acid groups (broad SMARTS) is 1. The SMILES string of the molecule is COc1cc(C(Nc2cc(C(N)=O)ccc2F)C(=O)N2CCCC2c2cc(NC(=O)O)ccc2S(=O)(=O)C(C)C)ccc1Cl. The molecule has 1 heterocycles. The van der Waals surface area contributed by atoms with Crippen LogP contribution in [0.15, 0.2) is 59.5 Å². The fraction of sp³-hybridized carbons (Fsp3) is 0.300. The van der Waals surface area contributed by atoms with Gasteiger partial charge in [0.1, 0.15) is 17.6 Å². The number of amides is 3. The van der Waals surface area contributed by atoms with Gasteiger partial charge in [0.2, 0.25) is 11.8 Å². The molecular weight excluding hydrogens is 615 g/mol. The second-order valence-corrected chi connectivity index (χ2v) is 13.4. The number of halogens is 2. The number of carbonyl (C=O) groups excluding carboxylic acids is 2. The van der Waals surface area contributed by atoms with Crippen molar-refractivity contribution in [3.63, 3.8) is 0 Å². The van der Waals surface area contributed by atoms with Crippen LogP contribution in [-0.2, 0) is 14.6 Å². The highest BCUT2D eigenvalue weighted by Gasteiger charge is 2.38. The number of hydrogen-bond acceptors (Lipinski definition) is 7. The van der Waals surface area contributed by atoms with Crippen molar-refractivity contribution < 1.29 is 37.0 Å². The van der Waals surface area contributed by atoms with Gasteiger partial charge < -0.3 is 25.8 Å². The van der Waals surface area contributed by atoms with E-state index in [0.29, 0.717) is 18.4 Å². The van der Waals surface area contributed by atoms with Crippen molar-refractivity contribution in [2.24, 2.45) is 5.73 Å². The average molecular weight is 647 g/mol. The maximum absolute atomic E-state index is 15.0. The Labute approximate surface area is 259 Å². The molecule has 0 saturated carbocycles. The van der Waals surface area contributed by atoms with E-state index in [9.17, 15) is 27.9 Å². The van der Waals surface area contributed by atoms with Crippen molar-refractivity contribution in [3.8, 4) is 5.75 Å². The number of benzene rings is 3. The molecule has 44 heavy (non-hydrogen) atoms. The zero-order valence-electron chi connectivity index (χ0n) is 24.1. The Hall–Kier alpha value is -4.36. The molecular formula is C30H32ClFN4O7S. The zero-order chi connectivity index (χ0) is 32.3. The number of anilines is 2. The predicted octanol–water partition coefficient (Wildman–Crippen LogP) is 5.38. The van der Waals surface area contributed by atoms with Crippen LogP contribution in [0, 0.1) is 5.82 Å². The molecule has 2 atom stereocenters. The lowest BCUT2D eigenvalue weighted by Crippen LogP contribution is -2.38. The minimum absolute atomic E-state index is 0.0131. The van der Waals surface area contributed by atoms with E-state index in [1.54, 1.807) is 6.07 Å². The number of likely N-dealkylation sites (tertiary alicyclic amines) is 1. The van der Waals surface area contributed by atoms with Gasteiger partial charge in [-0.05, 0) is 86.3 Å². The van der Waals surface area contributed by atoms with E-state index < -0.39 is 50.9 Å². The number of rotatable bonds is 10. The summed E-state index contributed by atoms with van der Waals surface area (Å²) in [6.07, 6.45) is -0.447. The fourth-order valence-electron chi connectivity index (χ4n) is 5.13. The van der Waals surface area contributed by atoms with Crippen molar-refractivity contribution in [1.82, 2.24) is 4.90 Å². The number of hydrogen-bond donors (Lipinski definition) is 4. The third-order valence-electron chi connectivity index (χ3n) is 7.39. The Balaban J connectivity index is 1.84. The molecule has 4 rings (SSSR count). The number of carbonyl (C=O) groups is 3. The van der Waals surface area contributed by atoms with Crippen LogP contribution in [-0.4, -0.2) is 55.2 Å². The summed E-state index contributed by atoms with van der Waals surface area (Å²) < 4.78 is 47.1. The van der Waals surface area contributed by atoms with Gasteiger partial charge in [-0.25, -0.2) is 17.6 Å². The molecule has 1 aliphatic heterocycles. The van der Waals surface area contributed by atoms with Gasteiger partial charge in [0, 0.05) is 17.8 Å². The van der Waals surface area contributed by atoms with Gasteiger partial charge in [0.25, 0.3) is 0 Å². The Morgan fingerprint density at radius 3 is 2.48 bits per heavy atom. The Morgan fingerprint density at radius 1 is 1.11 bits per heavy atom. The highest BCUT2D eigenvalue weighted by molar-refractivity contribution is 7.92. The average Bonchev–Trinajstić information content (AvgIpc) is 3.46. The first-order valence-electron chi connectivity index (χ1n) is 13.6. The van der Waals surface area contributed by atoms with Crippen molar-refractivity contribution in [2.75, 3.05) is 24.3 Å². The summed E-state index contributed by atoms with van der Waals surface area (Å²) in [7, 11) is -2.45. The van der Waals surface area contributed by atoms with Crippen LogP contribution in [0.2, 0.25) is 5.02 Å². The van der Waals surface area contributed by atoms with Crippen molar-refractivity contribution in [2.45, 2.75) is 48.9 Å². The quantitative estimate of drug-likeness (QED) is 0.228. The minimum Gasteiger partial charge on any atom is -0.495 e. The minimum atomic E-state index is -3.85. The van der Waals surface area contributed by atoms with Gasteiger partial charge in [0.05, 0.1) is 34.0 Å². The van der Waals surface area contributed by atoms with Crippen LogP contribution in [0.1, 0.15) is 60.3 Å². The van der Waals surface area contributed by atoms with Gasteiger partial charge in [-0.15, -0.1) is 0 Å². The van der Waals surface area contributed by atoms with Crippen LogP contribution in [0.4, 0.5) is 20.6 Å². The molecule has 3 aromatic carbocycles. The summed E-state index contributed by atoms with van der Waals surface area (Å²) >= 11 is 6.23. The second-order valence-electron chi connectivity index (χ2n) is 10.5. The molecule has 14 heteroatoms. The smallest absolute Gasteiger partial charge is 0.409 e. The van der Waals surface area contributed by atoms with Crippen molar-refractivity contribution in [3.05, 3.63) is 82.1 Å². The second kappa shape index (κ2) is 13.1. The molecule has 11 nitrogen and oxygen atoms in total. The Morgan fingerprint density at radius 2 is 1.84 bits per heavy atom. The van der Waals surface area contributed by atoms with Crippen LogP contribution < -0.4 is 21.1 Å². The lowest BCUT2D eigenvalue weighted by molar-refractivity contribution is -0.133. The molecule has 3 amide bonds. The summed E-state index contributed by atoms with van der Waals surface area (Å²) in [5, 5.41) is 13.9. The maximum atomic E-state index is 15.0. The van der Waals surface area contributed by atoms with E-state index in [0.717, 1.165) is 6.07 Å². The van der Waals surface area contributed by atoms with E-state index in [-0.39, 0.29) is 44.7 Å². The fourth-order valence-corrected chi connectivity index (χ4v) is 6.61.